The highest BCUT2D eigenvalue weighted by molar-refractivity contribution is 5.36. The third-order valence-electron chi connectivity index (χ3n) is 6.88. The predicted octanol–water partition coefficient (Wildman–Crippen LogP) is 7.19. The van der Waals surface area contributed by atoms with Crippen molar-refractivity contribution in [2.75, 3.05) is 0 Å². The van der Waals surface area contributed by atoms with Gasteiger partial charge in [0.25, 0.3) is 0 Å². The molecule has 1 heteroatoms. The Morgan fingerprint density at radius 2 is 1.82 bits per heavy atom. The minimum Gasteiger partial charge on any atom is -0.328 e. The van der Waals surface area contributed by atoms with Gasteiger partial charge in [-0.25, -0.2) is 0 Å². The van der Waals surface area contributed by atoms with Gasteiger partial charge >= 0.3 is 0 Å². The second-order valence-corrected chi connectivity index (χ2v) is 9.45. The highest BCUT2D eigenvalue weighted by Gasteiger charge is 2.40. The van der Waals surface area contributed by atoms with Crippen LogP contribution in [0.1, 0.15) is 70.9 Å². The van der Waals surface area contributed by atoms with Crippen molar-refractivity contribution >= 4 is 0 Å². The molecule has 0 saturated heterocycles. The Balaban J connectivity index is 1.92. The maximum Gasteiger partial charge on any atom is 0.00451 e. The van der Waals surface area contributed by atoms with Crippen LogP contribution < -0.4 is 5.73 Å². The van der Waals surface area contributed by atoms with Crippen LogP contribution >= 0.6 is 0 Å². The van der Waals surface area contributed by atoms with E-state index in [4.69, 9.17) is 5.73 Å². The summed E-state index contributed by atoms with van der Waals surface area (Å²) in [5.41, 5.74) is 12.9. The predicted molar refractivity (Wildman–Crippen MR) is 125 cm³/mol. The van der Waals surface area contributed by atoms with Crippen LogP contribution in [0.5, 0.6) is 0 Å². The lowest BCUT2D eigenvalue weighted by atomic mass is 9.60. The van der Waals surface area contributed by atoms with Gasteiger partial charge in [-0.15, -0.1) is 0 Å². The topological polar surface area (TPSA) is 26.0 Å². The average Bonchev–Trinajstić information content (AvgIpc) is 2.65. The molecule has 0 heterocycles. The molecule has 1 aliphatic rings. The molecule has 0 spiro atoms. The number of hydrogen-bond acceptors (Lipinski definition) is 1. The molecule has 1 aliphatic carbocycles. The molecule has 152 valence electrons. The zero-order chi connectivity index (χ0) is 20.9. The summed E-state index contributed by atoms with van der Waals surface area (Å²) in [6.45, 7) is 19.3. The molecule has 2 rings (SSSR count). The van der Waals surface area contributed by atoms with Crippen LogP contribution in [0.3, 0.4) is 0 Å². The quantitative estimate of drug-likeness (QED) is 0.453. The van der Waals surface area contributed by atoms with E-state index in [1.165, 1.54) is 16.7 Å². The lowest BCUT2D eigenvalue weighted by molar-refractivity contribution is 0.239. The molecule has 2 unspecified atom stereocenters. The Bertz CT molecular complexity index is 760. The second-order valence-electron chi connectivity index (χ2n) is 9.45. The Hall–Kier alpha value is -1.86. The second kappa shape index (κ2) is 9.09. The molecule has 0 bridgehead atoms. The zero-order valence-corrected chi connectivity index (χ0v) is 18.6. The van der Waals surface area contributed by atoms with E-state index in [-0.39, 0.29) is 16.9 Å². The summed E-state index contributed by atoms with van der Waals surface area (Å²) in [6, 6.07) is 9.23. The fourth-order valence-corrected chi connectivity index (χ4v) is 3.79. The molecule has 1 aromatic rings. The van der Waals surface area contributed by atoms with Crippen molar-refractivity contribution in [3.05, 3.63) is 83.5 Å². The highest BCUT2D eigenvalue weighted by Crippen LogP contribution is 2.47. The van der Waals surface area contributed by atoms with Crippen LogP contribution in [-0.2, 0) is 5.41 Å². The fraction of sp³-hybridized carbons (Fsp3) is 0.481. The van der Waals surface area contributed by atoms with Gasteiger partial charge in [0.05, 0.1) is 0 Å². The van der Waals surface area contributed by atoms with Gasteiger partial charge in [-0.1, -0.05) is 98.7 Å². The monoisotopic (exact) mass is 377 g/mol. The summed E-state index contributed by atoms with van der Waals surface area (Å²) < 4.78 is 0. The molecule has 1 aromatic carbocycles. The average molecular weight is 378 g/mol. The summed E-state index contributed by atoms with van der Waals surface area (Å²) in [5.74, 6) is 0. The van der Waals surface area contributed by atoms with Gasteiger partial charge in [-0.05, 0) is 62.3 Å². The molecule has 0 radical (unpaired) electrons. The van der Waals surface area contributed by atoms with E-state index in [2.05, 4.69) is 83.3 Å². The molecule has 0 amide bonds. The third kappa shape index (κ3) is 5.35. The Morgan fingerprint density at radius 3 is 2.36 bits per heavy atom. The third-order valence-corrected chi connectivity index (χ3v) is 6.88. The summed E-state index contributed by atoms with van der Waals surface area (Å²) in [5, 5.41) is 0. The Kier molecular flexibility index (Phi) is 7.28. The first-order valence-electron chi connectivity index (χ1n) is 10.6. The van der Waals surface area contributed by atoms with Gasteiger partial charge in [0.2, 0.25) is 0 Å². The Labute approximate surface area is 173 Å². The summed E-state index contributed by atoms with van der Waals surface area (Å²) in [7, 11) is 0. The normalized spacial score (nSPS) is 20.6. The van der Waals surface area contributed by atoms with Gasteiger partial charge < -0.3 is 5.73 Å². The van der Waals surface area contributed by atoms with Crippen LogP contribution in [0, 0.1) is 12.3 Å². The minimum atomic E-state index is 0.0819. The zero-order valence-electron chi connectivity index (χ0n) is 18.6. The van der Waals surface area contributed by atoms with Crippen LogP contribution in [0.2, 0.25) is 0 Å². The van der Waals surface area contributed by atoms with Gasteiger partial charge in [0.15, 0.2) is 0 Å². The van der Waals surface area contributed by atoms with Gasteiger partial charge in [0.1, 0.15) is 0 Å². The summed E-state index contributed by atoms with van der Waals surface area (Å²) in [4.78, 5) is 0. The van der Waals surface area contributed by atoms with Crippen molar-refractivity contribution in [2.45, 2.75) is 78.2 Å². The molecule has 2 N–H and O–H groups in total. The van der Waals surface area contributed by atoms with Gasteiger partial charge in [-0.3, -0.25) is 0 Å². The molecule has 1 nitrogen and oxygen atoms in total. The SMILES string of the molecule is C=C(C)C(=C)CCC(N)CCC1=CCC(C)(C(C)(C)c2ccc(C)cc2)C=C1. The first-order valence-corrected chi connectivity index (χ1v) is 10.6. The van der Waals surface area contributed by atoms with Crippen molar-refractivity contribution in [1.82, 2.24) is 0 Å². The molecule has 0 aliphatic heterocycles. The number of hydrogen-bond donors (Lipinski definition) is 1. The van der Waals surface area contributed by atoms with Crippen LogP contribution in [0.25, 0.3) is 0 Å². The van der Waals surface area contributed by atoms with Crippen LogP contribution in [0.15, 0.2) is 72.4 Å². The van der Waals surface area contributed by atoms with Crippen LogP contribution in [0.4, 0.5) is 0 Å². The van der Waals surface area contributed by atoms with E-state index in [1.807, 2.05) is 6.92 Å². The summed E-state index contributed by atoms with van der Waals surface area (Å²) >= 11 is 0. The number of aryl methyl sites for hydroxylation is 1. The largest absolute Gasteiger partial charge is 0.328 e. The Morgan fingerprint density at radius 1 is 1.18 bits per heavy atom. The molecule has 0 saturated carbocycles. The highest BCUT2D eigenvalue weighted by atomic mass is 14.6. The molecular formula is C27H39N. The van der Waals surface area contributed by atoms with Crippen molar-refractivity contribution < 1.29 is 0 Å². The molecule has 28 heavy (non-hydrogen) atoms. The first kappa shape index (κ1) is 22.4. The van der Waals surface area contributed by atoms with E-state index >= 15 is 0 Å². The maximum absolute atomic E-state index is 6.33. The molecule has 0 fully saturated rings. The van der Waals surface area contributed by atoms with Crippen molar-refractivity contribution in [2.24, 2.45) is 11.1 Å². The van der Waals surface area contributed by atoms with E-state index in [9.17, 15) is 0 Å². The molecule has 0 aromatic heterocycles. The van der Waals surface area contributed by atoms with Crippen molar-refractivity contribution in [3.8, 4) is 0 Å². The maximum atomic E-state index is 6.33. The van der Waals surface area contributed by atoms with E-state index in [0.717, 1.165) is 43.3 Å². The van der Waals surface area contributed by atoms with Gasteiger partial charge in [0, 0.05) is 6.04 Å². The number of allylic oxidation sites excluding steroid dienone is 6. The first-order chi connectivity index (χ1) is 13.0. The van der Waals surface area contributed by atoms with E-state index in [1.54, 1.807) is 0 Å². The molecular weight excluding hydrogens is 338 g/mol. The number of nitrogens with two attached hydrogens (primary N) is 1. The number of rotatable bonds is 9. The van der Waals surface area contributed by atoms with Gasteiger partial charge in [-0.2, -0.15) is 0 Å². The molecule has 2 atom stereocenters. The lowest BCUT2D eigenvalue weighted by Gasteiger charge is -2.44. The number of benzene rings is 1. The van der Waals surface area contributed by atoms with Crippen LogP contribution in [-0.4, -0.2) is 6.04 Å². The van der Waals surface area contributed by atoms with E-state index < -0.39 is 0 Å². The van der Waals surface area contributed by atoms with Crippen molar-refractivity contribution in [1.29, 1.82) is 0 Å². The standard InChI is InChI=1S/C27H39N/c1-20(2)22(4)10-14-25(28)15-11-23-16-18-27(7,19-17-23)26(5,6)24-12-8-21(3)9-13-24/h8-9,12-13,16-18,25H,1,4,10-11,14-15,19,28H2,2-3,5-7H3. The van der Waals surface area contributed by atoms with E-state index in [0.29, 0.717) is 0 Å². The minimum absolute atomic E-state index is 0.0819. The lowest BCUT2D eigenvalue weighted by Crippen LogP contribution is -2.38. The summed E-state index contributed by atoms with van der Waals surface area (Å²) in [6.07, 6.45) is 12.3. The van der Waals surface area contributed by atoms with Crippen molar-refractivity contribution in [3.63, 3.8) is 0 Å². The smallest absolute Gasteiger partial charge is 0.00451 e. The fourth-order valence-electron chi connectivity index (χ4n) is 3.79.